The maximum absolute atomic E-state index is 10.3. The summed E-state index contributed by atoms with van der Waals surface area (Å²) in [5.41, 5.74) is 0.242. The van der Waals surface area contributed by atoms with Crippen molar-refractivity contribution in [1.29, 1.82) is 0 Å². The number of aliphatic carboxylic acids is 1. The van der Waals surface area contributed by atoms with E-state index in [1.807, 2.05) is 0 Å². The highest BCUT2D eigenvalue weighted by Crippen LogP contribution is 1.97. The molecule has 3 nitrogen and oxygen atoms in total. The minimum atomic E-state index is -0.925. The van der Waals surface area contributed by atoms with Crippen molar-refractivity contribution >= 4 is 5.97 Å². The maximum atomic E-state index is 10.3. The second-order valence-corrected chi connectivity index (χ2v) is 2.68. The summed E-state index contributed by atoms with van der Waals surface area (Å²) in [5, 5.41) is 8.44. The quantitative estimate of drug-likeness (QED) is 0.379. The number of rotatable bonds is 6. The van der Waals surface area contributed by atoms with Crippen LogP contribution in [-0.2, 0) is 9.53 Å². The monoisotopic (exact) mass is 172 g/mol. The molecule has 0 saturated carbocycles. The number of ether oxygens (including phenoxy) is 1. The van der Waals surface area contributed by atoms with E-state index >= 15 is 0 Å². The van der Waals surface area contributed by atoms with Crippen molar-refractivity contribution in [1.82, 2.24) is 0 Å². The first-order chi connectivity index (χ1) is 5.68. The van der Waals surface area contributed by atoms with E-state index in [1.54, 1.807) is 0 Å². The molecule has 0 aliphatic rings. The molecule has 0 aromatic carbocycles. The topological polar surface area (TPSA) is 46.5 Å². The number of hydrogen-bond donors (Lipinski definition) is 1. The molecule has 3 heteroatoms. The van der Waals surface area contributed by atoms with Gasteiger partial charge in [-0.25, -0.2) is 4.79 Å². The Hall–Kier alpha value is -0.990. The Morgan fingerprint density at radius 3 is 2.67 bits per heavy atom. The summed E-state index contributed by atoms with van der Waals surface area (Å²) in [4.78, 5) is 10.3. The Morgan fingerprint density at radius 1 is 1.50 bits per heavy atom. The molecule has 0 bridgehead atoms. The number of carboxylic acid groups (broad SMARTS) is 1. The van der Waals surface area contributed by atoms with Gasteiger partial charge in [-0.2, -0.15) is 0 Å². The van der Waals surface area contributed by atoms with Crippen molar-refractivity contribution in [3.05, 3.63) is 11.8 Å². The van der Waals surface area contributed by atoms with E-state index in [4.69, 9.17) is 9.84 Å². The van der Waals surface area contributed by atoms with Crippen molar-refractivity contribution in [3.63, 3.8) is 0 Å². The Bertz CT molecular complexity index is 161. The number of unbranched alkanes of at least 4 members (excludes halogenated alkanes) is 2. The number of carboxylic acids is 1. The van der Waals surface area contributed by atoms with Gasteiger partial charge >= 0.3 is 5.97 Å². The molecule has 0 aliphatic heterocycles. The molecule has 70 valence electrons. The molecule has 12 heavy (non-hydrogen) atoms. The summed E-state index contributed by atoms with van der Waals surface area (Å²) in [6.45, 7) is 4.24. The molecule has 0 atom stereocenters. The number of carbonyl (C=O) groups is 1. The van der Waals surface area contributed by atoms with Gasteiger partial charge in [0.1, 0.15) is 0 Å². The number of hydrogen-bond acceptors (Lipinski definition) is 2. The summed E-state index contributed by atoms with van der Waals surface area (Å²) in [7, 11) is 0. The lowest BCUT2D eigenvalue weighted by Gasteiger charge is -1.99. The van der Waals surface area contributed by atoms with E-state index in [2.05, 4.69) is 6.92 Å². The van der Waals surface area contributed by atoms with Crippen LogP contribution in [0.2, 0.25) is 0 Å². The molecule has 0 aliphatic carbocycles. The van der Waals surface area contributed by atoms with Gasteiger partial charge in [0.25, 0.3) is 0 Å². The van der Waals surface area contributed by atoms with Crippen LogP contribution in [0.1, 0.15) is 33.1 Å². The van der Waals surface area contributed by atoms with Crippen molar-refractivity contribution in [3.8, 4) is 0 Å². The Kier molecular flexibility index (Phi) is 6.15. The van der Waals surface area contributed by atoms with Gasteiger partial charge in [0.2, 0.25) is 0 Å². The molecule has 0 aromatic rings. The largest absolute Gasteiger partial charge is 0.501 e. The molecule has 0 unspecified atom stereocenters. The lowest BCUT2D eigenvalue weighted by Crippen LogP contribution is -1.97. The van der Waals surface area contributed by atoms with Gasteiger partial charge < -0.3 is 9.84 Å². The third kappa shape index (κ3) is 5.77. The third-order valence-electron chi connectivity index (χ3n) is 1.46. The van der Waals surface area contributed by atoms with Gasteiger partial charge in [0.05, 0.1) is 18.4 Å². The first-order valence-electron chi connectivity index (χ1n) is 4.20. The maximum Gasteiger partial charge on any atom is 0.334 e. The fraction of sp³-hybridized carbons (Fsp3) is 0.667. The summed E-state index contributed by atoms with van der Waals surface area (Å²) in [5.74, 6) is -0.925. The smallest absolute Gasteiger partial charge is 0.334 e. The first-order valence-corrected chi connectivity index (χ1v) is 4.20. The average Bonchev–Trinajstić information content (AvgIpc) is 2.03. The fourth-order valence-corrected chi connectivity index (χ4v) is 0.670. The van der Waals surface area contributed by atoms with E-state index < -0.39 is 5.97 Å². The van der Waals surface area contributed by atoms with Crippen LogP contribution in [-0.4, -0.2) is 17.7 Å². The SMILES string of the molecule is CCCCCO/C=C(\C)C(=O)O. The van der Waals surface area contributed by atoms with Gasteiger partial charge in [-0.1, -0.05) is 19.8 Å². The Morgan fingerprint density at radius 2 is 2.17 bits per heavy atom. The molecular formula is C9H16O3. The average molecular weight is 172 g/mol. The third-order valence-corrected chi connectivity index (χ3v) is 1.46. The van der Waals surface area contributed by atoms with Crippen LogP contribution < -0.4 is 0 Å². The van der Waals surface area contributed by atoms with Crippen molar-refractivity contribution in [2.75, 3.05) is 6.61 Å². The molecule has 1 N–H and O–H groups in total. The van der Waals surface area contributed by atoms with Crippen molar-refractivity contribution in [2.24, 2.45) is 0 Å². The highest BCUT2D eigenvalue weighted by molar-refractivity contribution is 5.85. The summed E-state index contributed by atoms with van der Waals surface area (Å²) >= 11 is 0. The van der Waals surface area contributed by atoms with E-state index in [0.29, 0.717) is 6.61 Å². The van der Waals surface area contributed by atoms with Crippen LogP contribution in [0, 0.1) is 0 Å². The highest BCUT2D eigenvalue weighted by atomic mass is 16.5. The molecule has 0 spiro atoms. The van der Waals surface area contributed by atoms with Gasteiger partial charge in [-0.3, -0.25) is 0 Å². The zero-order valence-corrected chi connectivity index (χ0v) is 7.67. The zero-order chi connectivity index (χ0) is 9.40. The van der Waals surface area contributed by atoms with Gasteiger partial charge in [-0.15, -0.1) is 0 Å². The fourth-order valence-electron chi connectivity index (χ4n) is 0.670. The molecule has 0 fully saturated rings. The first kappa shape index (κ1) is 11.0. The zero-order valence-electron chi connectivity index (χ0n) is 7.67. The van der Waals surface area contributed by atoms with Crippen LogP contribution in [0.4, 0.5) is 0 Å². The molecule has 0 radical (unpaired) electrons. The summed E-state index contributed by atoms with van der Waals surface area (Å²) < 4.78 is 5.02. The van der Waals surface area contributed by atoms with E-state index in [9.17, 15) is 4.79 Å². The molecule has 0 rings (SSSR count). The van der Waals surface area contributed by atoms with Gasteiger partial charge in [-0.05, 0) is 13.3 Å². The summed E-state index contributed by atoms with van der Waals surface area (Å²) in [6.07, 6.45) is 4.56. The molecule has 0 heterocycles. The van der Waals surface area contributed by atoms with Gasteiger partial charge in [0.15, 0.2) is 0 Å². The molecule has 0 aromatic heterocycles. The molecular weight excluding hydrogens is 156 g/mol. The predicted octanol–water partition coefficient (Wildman–Crippen LogP) is 2.18. The van der Waals surface area contributed by atoms with Gasteiger partial charge in [0, 0.05) is 0 Å². The Balaban J connectivity index is 3.40. The second kappa shape index (κ2) is 6.70. The lowest BCUT2D eigenvalue weighted by molar-refractivity contribution is -0.132. The minimum absolute atomic E-state index is 0.242. The molecule has 0 amide bonds. The van der Waals surface area contributed by atoms with Crippen LogP contribution in [0.3, 0.4) is 0 Å². The standard InChI is InChI=1S/C9H16O3/c1-3-4-5-6-12-7-8(2)9(10)11/h7H,3-6H2,1-2H3,(H,10,11)/b8-7+. The predicted molar refractivity (Wildman–Crippen MR) is 46.9 cm³/mol. The highest BCUT2D eigenvalue weighted by Gasteiger charge is 1.98. The second-order valence-electron chi connectivity index (χ2n) is 2.68. The van der Waals surface area contributed by atoms with Crippen LogP contribution in [0.25, 0.3) is 0 Å². The van der Waals surface area contributed by atoms with Crippen LogP contribution in [0.5, 0.6) is 0 Å². The van der Waals surface area contributed by atoms with Crippen LogP contribution in [0.15, 0.2) is 11.8 Å². The van der Waals surface area contributed by atoms with E-state index in [0.717, 1.165) is 19.3 Å². The molecule has 0 saturated heterocycles. The Labute approximate surface area is 73.0 Å². The van der Waals surface area contributed by atoms with Crippen molar-refractivity contribution in [2.45, 2.75) is 33.1 Å². The minimum Gasteiger partial charge on any atom is -0.501 e. The normalized spacial score (nSPS) is 11.3. The lowest BCUT2D eigenvalue weighted by atomic mass is 10.3. The van der Waals surface area contributed by atoms with E-state index in [-0.39, 0.29) is 5.57 Å². The summed E-state index contributed by atoms with van der Waals surface area (Å²) in [6, 6.07) is 0. The van der Waals surface area contributed by atoms with Crippen molar-refractivity contribution < 1.29 is 14.6 Å². The van der Waals surface area contributed by atoms with Crippen LogP contribution >= 0.6 is 0 Å². The van der Waals surface area contributed by atoms with E-state index in [1.165, 1.54) is 13.2 Å².